The van der Waals surface area contributed by atoms with Crippen molar-refractivity contribution < 1.29 is 0 Å². The first kappa shape index (κ1) is 10.8. The van der Waals surface area contributed by atoms with Crippen LogP contribution in [0.1, 0.15) is 37.8 Å². The largest absolute Gasteiger partial charge is 0.0842 e. The van der Waals surface area contributed by atoms with Crippen molar-refractivity contribution in [3.8, 4) is 0 Å². The van der Waals surface area contributed by atoms with Crippen molar-refractivity contribution in [1.82, 2.24) is 0 Å². The van der Waals surface area contributed by atoms with Crippen LogP contribution in [0.4, 0.5) is 0 Å². The number of hydrogen-bond donors (Lipinski definition) is 0. The van der Waals surface area contributed by atoms with E-state index in [0.717, 1.165) is 12.8 Å². The van der Waals surface area contributed by atoms with E-state index in [-0.39, 0.29) is 0 Å². The Morgan fingerprint density at radius 1 is 0.857 bits per heavy atom. The van der Waals surface area contributed by atoms with Crippen molar-refractivity contribution in [2.75, 3.05) is 0 Å². The van der Waals surface area contributed by atoms with Gasteiger partial charge < -0.3 is 0 Å². The fourth-order valence-corrected chi connectivity index (χ4v) is 1.30. The monoisotopic (exact) mass is 186 g/mol. The zero-order chi connectivity index (χ0) is 10.2. The molecule has 0 heterocycles. The number of rotatable bonds is 4. The highest BCUT2D eigenvalue weighted by molar-refractivity contribution is 5.64. The molecule has 0 saturated carbocycles. The maximum Gasteiger partial charge on any atom is -0.0187 e. The van der Waals surface area contributed by atoms with Crippen LogP contribution < -0.4 is 0 Å². The molecule has 0 nitrogen and oxygen atoms in total. The van der Waals surface area contributed by atoms with Gasteiger partial charge in [-0.25, -0.2) is 0 Å². The summed E-state index contributed by atoms with van der Waals surface area (Å²) < 4.78 is 0. The third-order valence-electron chi connectivity index (χ3n) is 2.06. The summed E-state index contributed by atoms with van der Waals surface area (Å²) in [6, 6.07) is 8.47. The second-order valence-electron chi connectivity index (χ2n) is 3.25. The molecule has 0 fully saturated rings. The van der Waals surface area contributed by atoms with Gasteiger partial charge in [-0.05, 0) is 24.0 Å². The highest BCUT2D eigenvalue weighted by Gasteiger charge is 1.92. The SMILES string of the molecule is CCC=Cc1ccccc1C=CCC. The zero-order valence-electron chi connectivity index (χ0n) is 9.03. The molecule has 1 aromatic rings. The summed E-state index contributed by atoms with van der Waals surface area (Å²) in [5.41, 5.74) is 2.61. The van der Waals surface area contributed by atoms with E-state index in [0.29, 0.717) is 0 Å². The molecule has 0 aliphatic rings. The number of benzene rings is 1. The van der Waals surface area contributed by atoms with Gasteiger partial charge in [0.15, 0.2) is 0 Å². The van der Waals surface area contributed by atoms with E-state index in [1.54, 1.807) is 0 Å². The van der Waals surface area contributed by atoms with Gasteiger partial charge in [-0.2, -0.15) is 0 Å². The molecule has 0 spiro atoms. The van der Waals surface area contributed by atoms with Gasteiger partial charge in [0.25, 0.3) is 0 Å². The normalized spacial score (nSPS) is 11.6. The Kier molecular flexibility index (Phi) is 4.77. The van der Waals surface area contributed by atoms with Gasteiger partial charge >= 0.3 is 0 Å². The Morgan fingerprint density at radius 3 is 1.64 bits per heavy atom. The van der Waals surface area contributed by atoms with Crippen LogP contribution in [0, 0.1) is 0 Å². The summed E-state index contributed by atoms with van der Waals surface area (Å²) in [5, 5.41) is 0. The molecule has 0 heteroatoms. The molecule has 1 rings (SSSR count). The third kappa shape index (κ3) is 3.21. The predicted octanol–water partition coefficient (Wildman–Crippen LogP) is 4.53. The molecule has 14 heavy (non-hydrogen) atoms. The van der Waals surface area contributed by atoms with Gasteiger partial charge in [0, 0.05) is 0 Å². The van der Waals surface area contributed by atoms with Crippen molar-refractivity contribution in [2.24, 2.45) is 0 Å². The van der Waals surface area contributed by atoms with Crippen molar-refractivity contribution in [3.63, 3.8) is 0 Å². The van der Waals surface area contributed by atoms with E-state index in [2.05, 4.69) is 62.4 Å². The van der Waals surface area contributed by atoms with Gasteiger partial charge in [0.1, 0.15) is 0 Å². The van der Waals surface area contributed by atoms with Crippen LogP contribution in [0.15, 0.2) is 36.4 Å². The maximum absolute atomic E-state index is 2.19. The standard InChI is InChI=1S/C14H18/c1-3-5-9-13-11-7-8-12-14(13)10-6-4-2/h5-12H,3-4H2,1-2H3. The zero-order valence-corrected chi connectivity index (χ0v) is 9.03. The molecule has 0 atom stereocenters. The second kappa shape index (κ2) is 6.20. The number of hydrogen-bond acceptors (Lipinski definition) is 0. The Bertz CT molecular complexity index is 286. The first-order chi connectivity index (χ1) is 6.88. The van der Waals surface area contributed by atoms with E-state index in [9.17, 15) is 0 Å². The molecule has 0 aromatic heterocycles. The summed E-state index contributed by atoms with van der Waals surface area (Å²) in [6.45, 7) is 4.31. The molecule has 0 saturated heterocycles. The topological polar surface area (TPSA) is 0 Å². The van der Waals surface area contributed by atoms with Crippen LogP contribution in [-0.4, -0.2) is 0 Å². The lowest BCUT2D eigenvalue weighted by Crippen LogP contribution is -1.78. The lowest BCUT2D eigenvalue weighted by atomic mass is 10.1. The lowest BCUT2D eigenvalue weighted by molar-refractivity contribution is 1.23. The van der Waals surface area contributed by atoms with E-state index < -0.39 is 0 Å². The van der Waals surface area contributed by atoms with E-state index in [4.69, 9.17) is 0 Å². The molecule has 0 unspecified atom stereocenters. The molecule has 1 aromatic carbocycles. The van der Waals surface area contributed by atoms with E-state index in [1.165, 1.54) is 11.1 Å². The highest BCUT2D eigenvalue weighted by atomic mass is 14.0. The minimum absolute atomic E-state index is 1.09. The van der Waals surface area contributed by atoms with Gasteiger partial charge in [0.05, 0.1) is 0 Å². The Labute approximate surface area is 87.0 Å². The van der Waals surface area contributed by atoms with Crippen molar-refractivity contribution in [3.05, 3.63) is 47.5 Å². The van der Waals surface area contributed by atoms with Crippen molar-refractivity contribution in [2.45, 2.75) is 26.7 Å². The van der Waals surface area contributed by atoms with Crippen LogP contribution >= 0.6 is 0 Å². The van der Waals surface area contributed by atoms with Gasteiger partial charge in [-0.3, -0.25) is 0 Å². The fourth-order valence-electron chi connectivity index (χ4n) is 1.30. The van der Waals surface area contributed by atoms with Crippen LogP contribution in [0.3, 0.4) is 0 Å². The van der Waals surface area contributed by atoms with Gasteiger partial charge in [-0.15, -0.1) is 0 Å². The van der Waals surface area contributed by atoms with Crippen LogP contribution in [-0.2, 0) is 0 Å². The summed E-state index contributed by atoms with van der Waals surface area (Å²) in [5.74, 6) is 0. The molecule has 74 valence electrons. The van der Waals surface area contributed by atoms with Crippen LogP contribution in [0.5, 0.6) is 0 Å². The first-order valence-corrected chi connectivity index (χ1v) is 5.30. The highest BCUT2D eigenvalue weighted by Crippen LogP contribution is 2.13. The molecule has 0 aliphatic carbocycles. The van der Waals surface area contributed by atoms with Gasteiger partial charge in [-0.1, -0.05) is 62.4 Å². The molecular formula is C14H18. The average Bonchev–Trinajstić information content (AvgIpc) is 2.24. The summed E-state index contributed by atoms with van der Waals surface area (Å²) in [7, 11) is 0. The molecule has 0 radical (unpaired) electrons. The Balaban J connectivity index is 2.91. The molecule has 0 amide bonds. The number of allylic oxidation sites excluding steroid dienone is 2. The van der Waals surface area contributed by atoms with Crippen molar-refractivity contribution >= 4 is 12.2 Å². The fraction of sp³-hybridized carbons (Fsp3) is 0.286. The summed E-state index contributed by atoms with van der Waals surface area (Å²) in [6.07, 6.45) is 10.9. The maximum atomic E-state index is 2.19. The summed E-state index contributed by atoms with van der Waals surface area (Å²) >= 11 is 0. The quantitative estimate of drug-likeness (QED) is 0.648. The molecule has 0 bridgehead atoms. The summed E-state index contributed by atoms with van der Waals surface area (Å²) in [4.78, 5) is 0. The predicted molar refractivity (Wildman–Crippen MR) is 65.1 cm³/mol. The third-order valence-corrected chi connectivity index (χ3v) is 2.06. The minimum atomic E-state index is 1.09. The Hall–Kier alpha value is -1.30. The second-order valence-corrected chi connectivity index (χ2v) is 3.25. The molecular weight excluding hydrogens is 168 g/mol. The average molecular weight is 186 g/mol. The minimum Gasteiger partial charge on any atom is -0.0842 e. The van der Waals surface area contributed by atoms with E-state index in [1.807, 2.05) is 0 Å². The molecule has 0 aliphatic heterocycles. The van der Waals surface area contributed by atoms with Crippen molar-refractivity contribution in [1.29, 1.82) is 0 Å². The van der Waals surface area contributed by atoms with Gasteiger partial charge in [0.2, 0.25) is 0 Å². The lowest BCUT2D eigenvalue weighted by Gasteiger charge is -1.99. The van der Waals surface area contributed by atoms with Crippen LogP contribution in [0.2, 0.25) is 0 Å². The first-order valence-electron chi connectivity index (χ1n) is 5.30. The molecule has 0 N–H and O–H groups in total. The van der Waals surface area contributed by atoms with Crippen LogP contribution in [0.25, 0.3) is 12.2 Å². The smallest absolute Gasteiger partial charge is 0.0187 e. The van der Waals surface area contributed by atoms with E-state index >= 15 is 0 Å². The Morgan fingerprint density at radius 2 is 1.29 bits per heavy atom.